The first-order chi connectivity index (χ1) is 10.4. The molecule has 2 rings (SSSR count). The number of carbonyl (C=O) groups is 1. The number of anilines is 1. The summed E-state index contributed by atoms with van der Waals surface area (Å²) in [6.07, 6.45) is 5.58. The van der Waals surface area contributed by atoms with Crippen LogP contribution in [-0.2, 0) is 14.8 Å². The third-order valence-electron chi connectivity index (χ3n) is 4.14. The molecule has 6 heteroatoms. The van der Waals surface area contributed by atoms with Gasteiger partial charge in [0.2, 0.25) is 10.0 Å². The molecule has 1 saturated carbocycles. The summed E-state index contributed by atoms with van der Waals surface area (Å²) in [6.45, 7) is 1.78. The van der Waals surface area contributed by atoms with E-state index in [-0.39, 0.29) is 5.25 Å². The van der Waals surface area contributed by atoms with Crippen molar-refractivity contribution in [3.63, 3.8) is 0 Å². The van der Waals surface area contributed by atoms with Crippen LogP contribution in [0.5, 0.6) is 0 Å². The van der Waals surface area contributed by atoms with Gasteiger partial charge in [-0.2, -0.15) is 0 Å². The fourth-order valence-electron chi connectivity index (χ4n) is 2.81. The minimum Gasteiger partial charge on any atom is -0.465 e. The monoisotopic (exact) mass is 325 g/mol. The molecule has 1 aromatic rings. The molecule has 0 unspecified atom stereocenters. The lowest BCUT2D eigenvalue weighted by atomic mass is 10.1. The van der Waals surface area contributed by atoms with Crippen molar-refractivity contribution in [2.45, 2.75) is 50.7 Å². The Morgan fingerprint density at radius 2 is 1.82 bits per heavy atom. The van der Waals surface area contributed by atoms with Gasteiger partial charge in [0.15, 0.2) is 0 Å². The molecule has 1 N–H and O–H groups in total. The summed E-state index contributed by atoms with van der Waals surface area (Å²) in [4.78, 5) is 11.5. The first-order valence-corrected chi connectivity index (χ1v) is 9.19. The third-order valence-corrected chi connectivity index (χ3v) is 5.99. The van der Waals surface area contributed by atoms with Gasteiger partial charge in [-0.3, -0.25) is 4.72 Å². The average molecular weight is 325 g/mol. The number of sulfonamides is 1. The van der Waals surface area contributed by atoms with E-state index in [0.29, 0.717) is 29.7 Å². The SMILES string of the molecule is COC(=O)c1ccc(NS(=O)(=O)C2CCCCCC2)c(C)c1. The highest BCUT2D eigenvalue weighted by molar-refractivity contribution is 7.93. The standard InChI is InChI=1S/C16H23NO4S/c1-12-11-13(16(18)21-2)9-10-15(12)17-22(19,20)14-7-5-3-4-6-8-14/h9-11,14,17H,3-8H2,1-2H3. The Morgan fingerprint density at radius 3 is 2.36 bits per heavy atom. The molecule has 0 saturated heterocycles. The van der Waals surface area contributed by atoms with Crippen LogP contribution in [0.15, 0.2) is 18.2 Å². The van der Waals surface area contributed by atoms with Gasteiger partial charge in [0.1, 0.15) is 0 Å². The Balaban J connectivity index is 2.16. The van der Waals surface area contributed by atoms with Crippen molar-refractivity contribution in [1.29, 1.82) is 0 Å². The summed E-state index contributed by atoms with van der Waals surface area (Å²) in [5.74, 6) is -0.429. The summed E-state index contributed by atoms with van der Waals surface area (Å²) in [5, 5.41) is -0.324. The Hall–Kier alpha value is -1.56. The van der Waals surface area contributed by atoms with E-state index in [9.17, 15) is 13.2 Å². The zero-order valence-electron chi connectivity index (χ0n) is 13.1. The quantitative estimate of drug-likeness (QED) is 0.681. The minimum atomic E-state index is -3.39. The zero-order valence-corrected chi connectivity index (χ0v) is 13.9. The number of benzene rings is 1. The number of nitrogens with one attached hydrogen (secondary N) is 1. The highest BCUT2D eigenvalue weighted by Gasteiger charge is 2.26. The van der Waals surface area contributed by atoms with Crippen molar-refractivity contribution in [3.8, 4) is 0 Å². The molecule has 0 heterocycles. The first kappa shape index (κ1) is 16.8. The van der Waals surface area contributed by atoms with Crippen molar-refractivity contribution in [1.82, 2.24) is 0 Å². The van der Waals surface area contributed by atoms with Crippen LogP contribution in [0, 0.1) is 6.92 Å². The van der Waals surface area contributed by atoms with Crippen LogP contribution in [-0.4, -0.2) is 26.7 Å². The van der Waals surface area contributed by atoms with Crippen LogP contribution in [0.3, 0.4) is 0 Å². The maximum atomic E-state index is 12.5. The van der Waals surface area contributed by atoms with Gasteiger partial charge in [0.25, 0.3) is 0 Å². The molecule has 22 heavy (non-hydrogen) atoms. The number of hydrogen-bond acceptors (Lipinski definition) is 4. The van der Waals surface area contributed by atoms with E-state index in [4.69, 9.17) is 0 Å². The summed E-state index contributed by atoms with van der Waals surface area (Å²) in [6, 6.07) is 4.83. The first-order valence-electron chi connectivity index (χ1n) is 7.64. The van der Waals surface area contributed by atoms with E-state index < -0.39 is 16.0 Å². The number of esters is 1. The van der Waals surface area contributed by atoms with Gasteiger partial charge >= 0.3 is 5.97 Å². The van der Waals surface area contributed by atoms with Gasteiger partial charge in [0, 0.05) is 0 Å². The van der Waals surface area contributed by atoms with E-state index in [1.165, 1.54) is 7.11 Å². The predicted octanol–water partition coefficient (Wildman–Crippen LogP) is 3.25. The molecule has 1 aliphatic carbocycles. The largest absolute Gasteiger partial charge is 0.465 e. The molecule has 1 aliphatic rings. The number of hydrogen-bond donors (Lipinski definition) is 1. The van der Waals surface area contributed by atoms with Gasteiger partial charge in [-0.25, -0.2) is 13.2 Å². The maximum absolute atomic E-state index is 12.5. The number of aryl methyl sites for hydroxylation is 1. The maximum Gasteiger partial charge on any atom is 0.337 e. The Labute approximate surface area is 132 Å². The molecule has 0 aliphatic heterocycles. The predicted molar refractivity (Wildman–Crippen MR) is 86.6 cm³/mol. The Bertz CT molecular complexity index is 632. The minimum absolute atomic E-state index is 0.324. The second-order valence-corrected chi connectivity index (χ2v) is 7.74. The highest BCUT2D eigenvalue weighted by atomic mass is 32.2. The molecular weight excluding hydrogens is 302 g/mol. The molecule has 1 aromatic carbocycles. The van der Waals surface area contributed by atoms with Crippen LogP contribution in [0.1, 0.15) is 54.4 Å². The Kier molecular flexibility index (Phi) is 5.45. The van der Waals surface area contributed by atoms with Crippen molar-refractivity contribution in [3.05, 3.63) is 29.3 Å². The molecule has 122 valence electrons. The summed E-state index contributed by atoms with van der Waals surface area (Å²) in [7, 11) is -2.07. The van der Waals surface area contributed by atoms with Crippen LogP contribution in [0.2, 0.25) is 0 Å². The fourth-order valence-corrected chi connectivity index (χ4v) is 4.47. The zero-order chi connectivity index (χ0) is 16.2. The van der Waals surface area contributed by atoms with Crippen LogP contribution < -0.4 is 4.72 Å². The lowest BCUT2D eigenvalue weighted by Crippen LogP contribution is -2.27. The second kappa shape index (κ2) is 7.13. The van der Waals surface area contributed by atoms with Crippen molar-refractivity contribution in [2.24, 2.45) is 0 Å². The van der Waals surface area contributed by atoms with E-state index in [1.807, 2.05) is 0 Å². The van der Waals surface area contributed by atoms with E-state index in [2.05, 4.69) is 9.46 Å². The number of methoxy groups -OCH3 is 1. The van der Waals surface area contributed by atoms with Gasteiger partial charge in [-0.15, -0.1) is 0 Å². The number of ether oxygens (including phenoxy) is 1. The van der Waals surface area contributed by atoms with E-state index >= 15 is 0 Å². The molecule has 0 spiro atoms. The van der Waals surface area contributed by atoms with Gasteiger partial charge in [-0.1, -0.05) is 25.7 Å². The van der Waals surface area contributed by atoms with E-state index in [1.54, 1.807) is 25.1 Å². The van der Waals surface area contributed by atoms with Crippen LogP contribution in [0.25, 0.3) is 0 Å². The fraction of sp³-hybridized carbons (Fsp3) is 0.562. The molecular formula is C16H23NO4S. The number of carbonyl (C=O) groups excluding carboxylic acids is 1. The second-order valence-electron chi connectivity index (χ2n) is 5.78. The van der Waals surface area contributed by atoms with Crippen molar-refractivity contribution < 1.29 is 17.9 Å². The molecule has 0 bridgehead atoms. The van der Waals surface area contributed by atoms with E-state index in [0.717, 1.165) is 25.7 Å². The van der Waals surface area contributed by atoms with Gasteiger partial charge < -0.3 is 4.74 Å². The summed E-state index contributed by atoms with van der Waals surface area (Å²) >= 11 is 0. The third kappa shape index (κ3) is 4.00. The highest BCUT2D eigenvalue weighted by Crippen LogP contribution is 2.26. The molecule has 5 nitrogen and oxygen atoms in total. The van der Waals surface area contributed by atoms with Crippen molar-refractivity contribution >= 4 is 21.7 Å². The average Bonchev–Trinajstić information content (AvgIpc) is 2.78. The topological polar surface area (TPSA) is 72.5 Å². The molecule has 0 amide bonds. The molecule has 0 atom stereocenters. The normalized spacial score (nSPS) is 16.8. The molecule has 1 fully saturated rings. The van der Waals surface area contributed by atoms with Crippen LogP contribution in [0.4, 0.5) is 5.69 Å². The van der Waals surface area contributed by atoms with Crippen LogP contribution >= 0.6 is 0 Å². The summed E-state index contributed by atoms with van der Waals surface area (Å²) < 4.78 is 32.4. The van der Waals surface area contributed by atoms with Gasteiger partial charge in [0.05, 0.1) is 23.6 Å². The smallest absolute Gasteiger partial charge is 0.337 e. The number of rotatable bonds is 4. The van der Waals surface area contributed by atoms with Gasteiger partial charge in [-0.05, 0) is 43.5 Å². The molecule has 0 radical (unpaired) electrons. The lowest BCUT2D eigenvalue weighted by molar-refractivity contribution is 0.0600. The van der Waals surface area contributed by atoms with Crippen molar-refractivity contribution in [2.75, 3.05) is 11.8 Å². The Morgan fingerprint density at radius 1 is 1.18 bits per heavy atom. The molecule has 0 aromatic heterocycles. The lowest BCUT2D eigenvalue weighted by Gasteiger charge is -2.18. The summed E-state index contributed by atoms with van der Waals surface area (Å²) in [5.41, 5.74) is 1.65.